The molecule has 2 rings (SSSR count). The van der Waals surface area contributed by atoms with Gasteiger partial charge in [-0.05, 0) is 12.0 Å². The third-order valence-electron chi connectivity index (χ3n) is 3.80. The van der Waals surface area contributed by atoms with Gasteiger partial charge in [-0.1, -0.05) is 82.6 Å². The largest absolute Gasteiger partial charge is 2.00 e. The summed E-state index contributed by atoms with van der Waals surface area (Å²) >= 11 is 0. The van der Waals surface area contributed by atoms with Gasteiger partial charge in [-0.2, -0.15) is 18.2 Å². The van der Waals surface area contributed by atoms with Crippen molar-refractivity contribution in [2.24, 2.45) is 0 Å². The van der Waals surface area contributed by atoms with Crippen molar-refractivity contribution >= 4 is 0 Å². The first kappa shape index (κ1) is 21.9. The van der Waals surface area contributed by atoms with E-state index in [1.165, 1.54) is 44.9 Å². The molecule has 0 aliphatic heterocycles. The number of allylic oxidation sites excluding steroid dienone is 6. The van der Waals surface area contributed by atoms with Gasteiger partial charge in [0.1, 0.15) is 0 Å². The van der Waals surface area contributed by atoms with Crippen molar-refractivity contribution < 1.29 is 22.2 Å². The van der Waals surface area contributed by atoms with Crippen LogP contribution >= 0.6 is 0 Å². The standard InChI is InChI=1S/C16H26O.C5H5.Fe/c1-2-3-4-5-6-7-8-9-14-16(17)15-12-10-11-13-15;1-2-4-5-3-1;/h10-13,17H,2-9,14H2,1H3;1-5H;/q;-1;+2/p-1. The van der Waals surface area contributed by atoms with Crippen LogP contribution in [0.15, 0.2) is 66.0 Å². The summed E-state index contributed by atoms with van der Waals surface area (Å²) < 4.78 is 0. The van der Waals surface area contributed by atoms with E-state index in [4.69, 9.17) is 0 Å². The van der Waals surface area contributed by atoms with Crippen molar-refractivity contribution in [3.05, 3.63) is 66.0 Å². The molecule has 0 N–H and O–H groups in total. The van der Waals surface area contributed by atoms with Crippen molar-refractivity contribution in [1.29, 1.82) is 0 Å². The van der Waals surface area contributed by atoms with Crippen LogP contribution in [0.5, 0.6) is 0 Å². The molecule has 0 heterocycles. The maximum absolute atomic E-state index is 11.7. The minimum absolute atomic E-state index is 0. The van der Waals surface area contributed by atoms with Gasteiger partial charge in [-0.25, -0.2) is 12.1 Å². The second-order valence-electron chi connectivity index (χ2n) is 5.78. The Balaban J connectivity index is 0.000000684. The van der Waals surface area contributed by atoms with Crippen molar-refractivity contribution in [3.8, 4) is 0 Å². The third-order valence-corrected chi connectivity index (χ3v) is 3.80. The predicted molar refractivity (Wildman–Crippen MR) is 94.6 cm³/mol. The molecule has 1 aromatic rings. The van der Waals surface area contributed by atoms with E-state index in [2.05, 4.69) is 6.92 Å². The van der Waals surface area contributed by atoms with E-state index in [1.54, 1.807) is 0 Å². The number of unbranched alkanes of at least 4 members (excludes halogenated alkanes) is 7. The Bertz CT molecular complexity index is 409. The van der Waals surface area contributed by atoms with Crippen LogP contribution in [0, 0.1) is 0 Å². The Kier molecular flexibility index (Phi) is 15.0. The van der Waals surface area contributed by atoms with Crippen molar-refractivity contribution in [1.82, 2.24) is 0 Å². The van der Waals surface area contributed by atoms with E-state index in [9.17, 15) is 5.11 Å². The normalized spacial score (nSPS) is 11.8. The summed E-state index contributed by atoms with van der Waals surface area (Å²) in [7, 11) is 0. The molecular weight excluding hydrogens is 324 g/mol. The zero-order chi connectivity index (χ0) is 15.9. The van der Waals surface area contributed by atoms with Crippen LogP contribution in [-0.4, -0.2) is 0 Å². The van der Waals surface area contributed by atoms with Gasteiger partial charge in [-0.3, -0.25) is 0 Å². The van der Waals surface area contributed by atoms with E-state index in [1.807, 2.05) is 54.6 Å². The minimum Gasteiger partial charge on any atom is -0.875 e. The average molecular weight is 354 g/mol. The first-order valence-corrected chi connectivity index (χ1v) is 8.76. The molecular formula is C21H30FeO. The predicted octanol–water partition coefficient (Wildman–Crippen LogP) is 5.66. The molecule has 0 saturated carbocycles. The molecule has 0 bridgehead atoms. The molecule has 1 aromatic carbocycles. The van der Waals surface area contributed by atoms with Gasteiger partial charge in [0.25, 0.3) is 0 Å². The number of rotatable bonds is 9. The zero-order valence-electron chi connectivity index (χ0n) is 14.3. The summed E-state index contributed by atoms with van der Waals surface area (Å²) in [6.07, 6.45) is 18.7. The van der Waals surface area contributed by atoms with Gasteiger partial charge in [0.05, 0.1) is 0 Å². The van der Waals surface area contributed by atoms with E-state index in [-0.39, 0.29) is 17.1 Å². The maximum Gasteiger partial charge on any atom is 2.00 e. The number of hydrogen-bond donors (Lipinski definition) is 0. The molecule has 1 nitrogen and oxygen atoms in total. The molecule has 0 radical (unpaired) electrons. The maximum atomic E-state index is 11.7. The van der Waals surface area contributed by atoms with E-state index < -0.39 is 0 Å². The summed E-state index contributed by atoms with van der Waals surface area (Å²) in [5.74, 6) is 0.306. The van der Waals surface area contributed by atoms with Crippen molar-refractivity contribution in [2.75, 3.05) is 0 Å². The van der Waals surface area contributed by atoms with Crippen LogP contribution in [0.3, 0.4) is 0 Å². The van der Waals surface area contributed by atoms with Crippen LogP contribution in [0.4, 0.5) is 0 Å². The van der Waals surface area contributed by atoms with Gasteiger partial charge >= 0.3 is 17.1 Å². The second-order valence-corrected chi connectivity index (χ2v) is 5.78. The van der Waals surface area contributed by atoms with Gasteiger partial charge in [-0.15, -0.1) is 5.76 Å². The molecule has 0 saturated heterocycles. The zero-order valence-corrected chi connectivity index (χ0v) is 15.4. The third kappa shape index (κ3) is 12.0. The SMILES string of the molecule is CCCCCCCCCCC([O-])=C1C=CC=C1.[Fe+2].c1cc[cH-]c1. The second kappa shape index (κ2) is 15.8. The van der Waals surface area contributed by atoms with E-state index in [0.717, 1.165) is 18.4 Å². The fourth-order valence-corrected chi connectivity index (χ4v) is 2.44. The van der Waals surface area contributed by atoms with E-state index >= 15 is 0 Å². The van der Waals surface area contributed by atoms with Gasteiger partial charge in [0, 0.05) is 0 Å². The van der Waals surface area contributed by atoms with Crippen molar-refractivity contribution in [3.63, 3.8) is 0 Å². The Morgan fingerprint density at radius 1 is 0.870 bits per heavy atom. The Labute approximate surface area is 153 Å². The summed E-state index contributed by atoms with van der Waals surface area (Å²) in [4.78, 5) is 0. The van der Waals surface area contributed by atoms with Gasteiger partial charge in [0.15, 0.2) is 0 Å². The fraction of sp³-hybridized carbons (Fsp3) is 0.476. The molecule has 0 aromatic heterocycles. The van der Waals surface area contributed by atoms with Crippen LogP contribution in [0.1, 0.15) is 64.7 Å². The summed E-state index contributed by atoms with van der Waals surface area (Å²) in [5.41, 5.74) is 0.882. The van der Waals surface area contributed by atoms with Crippen LogP contribution < -0.4 is 5.11 Å². The molecule has 1 aliphatic carbocycles. The summed E-state index contributed by atoms with van der Waals surface area (Å²) in [5, 5.41) is 11.7. The minimum atomic E-state index is 0. The van der Waals surface area contributed by atoms with Gasteiger partial charge in [0.2, 0.25) is 0 Å². The van der Waals surface area contributed by atoms with E-state index in [0.29, 0.717) is 5.76 Å². The average Bonchev–Trinajstić information content (AvgIpc) is 3.25. The Morgan fingerprint density at radius 2 is 1.39 bits per heavy atom. The smallest absolute Gasteiger partial charge is 0.875 e. The summed E-state index contributed by atoms with van der Waals surface area (Å²) in [6.45, 7) is 2.25. The molecule has 2 heteroatoms. The first-order valence-electron chi connectivity index (χ1n) is 8.76. The van der Waals surface area contributed by atoms with Crippen LogP contribution in [-0.2, 0) is 17.1 Å². The molecule has 23 heavy (non-hydrogen) atoms. The first-order chi connectivity index (χ1) is 10.8. The van der Waals surface area contributed by atoms with Crippen LogP contribution in [0.25, 0.3) is 0 Å². The Morgan fingerprint density at radius 3 is 1.87 bits per heavy atom. The molecule has 0 amide bonds. The molecule has 1 aliphatic rings. The quantitative estimate of drug-likeness (QED) is 0.243. The molecule has 0 unspecified atom stereocenters. The monoisotopic (exact) mass is 354 g/mol. The molecule has 0 spiro atoms. The molecule has 0 atom stereocenters. The number of hydrogen-bond acceptors (Lipinski definition) is 1. The Hall–Kier alpha value is -1.11. The fourth-order valence-electron chi connectivity index (χ4n) is 2.44. The summed E-state index contributed by atoms with van der Waals surface area (Å²) in [6, 6.07) is 10.0. The topological polar surface area (TPSA) is 23.1 Å². The van der Waals surface area contributed by atoms with Gasteiger partial charge < -0.3 is 5.11 Å². The molecule has 128 valence electrons. The van der Waals surface area contributed by atoms with Crippen molar-refractivity contribution in [2.45, 2.75) is 64.7 Å². The molecule has 0 fully saturated rings. The van der Waals surface area contributed by atoms with Crippen LogP contribution in [0.2, 0.25) is 0 Å².